The SMILES string of the molecule is O=C(NCCc1noc(C2CC2)n1)Nc1snnc1-c1ccccc1. The van der Waals surface area contributed by atoms with Crippen LogP contribution in [0.3, 0.4) is 0 Å². The van der Waals surface area contributed by atoms with E-state index in [1.54, 1.807) is 0 Å². The molecule has 0 spiro atoms. The van der Waals surface area contributed by atoms with Gasteiger partial charge in [0.1, 0.15) is 10.7 Å². The number of hydrogen-bond acceptors (Lipinski definition) is 7. The van der Waals surface area contributed by atoms with Crippen LogP contribution in [0.1, 0.15) is 30.5 Å². The fourth-order valence-corrected chi connectivity index (χ4v) is 2.95. The summed E-state index contributed by atoms with van der Waals surface area (Å²) in [4.78, 5) is 16.4. The Morgan fingerprint density at radius 1 is 1.28 bits per heavy atom. The summed E-state index contributed by atoms with van der Waals surface area (Å²) in [6, 6.07) is 9.30. The minimum atomic E-state index is -0.311. The summed E-state index contributed by atoms with van der Waals surface area (Å²) in [5.74, 6) is 1.77. The van der Waals surface area contributed by atoms with Crippen LogP contribution in [0, 0.1) is 0 Å². The summed E-state index contributed by atoms with van der Waals surface area (Å²) in [5.41, 5.74) is 1.57. The molecule has 1 saturated carbocycles. The zero-order valence-electron chi connectivity index (χ0n) is 13.3. The van der Waals surface area contributed by atoms with Crippen LogP contribution in [0.15, 0.2) is 34.9 Å². The number of amides is 2. The third kappa shape index (κ3) is 3.82. The molecule has 0 radical (unpaired) electrons. The minimum absolute atomic E-state index is 0.311. The van der Waals surface area contributed by atoms with Crippen LogP contribution in [0.5, 0.6) is 0 Å². The Balaban J connectivity index is 1.30. The monoisotopic (exact) mass is 356 g/mol. The van der Waals surface area contributed by atoms with E-state index in [4.69, 9.17) is 4.52 Å². The van der Waals surface area contributed by atoms with Crippen molar-refractivity contribution in [2.24, 2.45) is 0 Å². The summed E-state index contributed by atoms with van der Waals surface area (Å²) in [7, 11) is 0. The first kappa shape index (κ1) is 15.7. The van der Waals surface area contributed by atoms with Gasteiger partial charge in [-0.25, -0.2) is 4.79 Å². The Morgan fingerprint density at radius 3 is 2.92 bits per heavy atom. The molecule has 1 aromatic carbocycles. The van der Waals surface area contributed by atoms with E-state index in [1.165, 1.54) is 0 Å². The van der Waals surface area contributed by atoms with Crippen molar-refractivity contribution in [3.8, 4) is 11.3 Å². The van der Waals surface area contributed by atoms with Crippen LogP contribution in [0.25, 0.3) is 11.3 Å². The van der Waals surface area contributed by atoms with Crippen LogP contribution < -0.4 is 10.6 Å². The molecule has 0 atom stereocenters. The Bertz CT molecular complexity index is 858. The van der Waals surface area contributed by atoms with Crippen LogP contribution >= 0.6 is 11.5 Å². The van der Waals surface area contributed by atoms with Crippen LogP contribution in [-0.2, 0) is 6.42 Å². The number of carbonyl (C=O) groups is 1. The van der Waals surface area contributed by atoms with E-state index < -0.39 is 0 Å². The number of carbonyl (C=O) groups excluding carboxylic acids is 1. The molecule has 8 nitrogen and oxygen atoms in total. The number of nitrogens with zero attached hydrogens (tertiary/aromatic N) is 4. The summed E-state index contributed by atoms with van der Waals surface area (Å²) in [5, 5.41) is 14.2. The van der Waals surface area contributed by atoms with Crippen molar-refractivity contribution in [1.82, 2.24) is 25.0 Å². The van der Waals surface area contributed by atoms with E-state index in [0.717, 1.165) is 29.9 Å². The maximum atomic E-state index is 12.1. The maximum Gasteiger partial charge on any atom is 0.319 e. The highest BCUT2D eigenvalue weighted by molar-refractivity contribution is 7.10. The molecule has 1 aliphatic rings. The second-order valence-electron chi connectivity index (χ2n) is 5.77. The predicted octanol–water partition coefficient (Wildman–Crippen LogP) is 2.83. The molecule has 3 aromatic rings. The van der Waals surface area contributed by atoms with E-state index >= 15 is 0 Å². The van der Waals surface area contributed by atoms with Crippen molar-refractivity contribution in [2.75, 3.05) is 11.9 Å². The van der Waals surface area contributed by atoms with Gasteiger partial charge in [-0.1, -0.05) is 40.0 Å². The number of urea groups is 1. The molecule has 2 N–H and O–H groups in total. The second-order valence-corrected chi connectivity index (χ2v) is 6.52. The van der Waals surface area contributed by atoms with Crippen molar-refractivity contribution < 1.29 is 9.32 Å². The molecule has 2 aromatic heterocycles. The van der Waals surface area contributed by atoms with Gasteiger partial charge in [-0.15, -0.1) is 5.10 Å². The first-order valence-electron chi connectivity index (χ1n) is 8.04. The number of hydrogen-bond donors (Lipinski definition) is 2. The van der Waals surface area contributed by atoms with Gasteiger partial charge >= 0.3 is 6.03 Å². The lowest BCUT2D eigenvalue weighted by atomic mass is 10.2. The highest BCUT2D eigenvalue weighted by Crippen LogP contribution is 2.38. The van der Waals surface area contributed by atoms with Crippen molar-refractivity contribution >= 4 is 22.6 Å². The Kier molecular flexibility index (Phi) is 4.38. The Morgan fingerprint density at radius 2 is 2.12 bits per heavy atom. The largest absolute Gasteiger partial charge is 0.339 e. The van der Waals surface area contributed by atoms with Crippen molar-refractivity contribution in [3.63, 3.8) is 0 Å². The standard InChI is InChI=1S/C16H16N6O2S/c23-16(17-9-8-12-18-14(24-21-12)11-6-7-11)19-15-13(20-22-25-15)10-4-2-1-3-5-10/h1-5,11H,6-9H2,(H2,17,19,23). The molecule has 4 rings (SSSR count). The third-order valence-electron chi connectivity index (χ3n) is 3.81. The molecular weight excluding hydrogens is 340 g/mol. The summed E-state index contributed by atoms with van der Waals surface area (Å²) < 4.78 is 9.11. The van der Waals surface area contributed by atoms with Crippen molar-refractivity contribution in [2.45, 2.75) is 25.2 Å². The lowest BCUT2D eigenvalue weighted by Crippen LogP contribution is -2.30. The number of aromatic nitrogens is 4. The fraction of sp³-hybridized carbons (Fsp3) is 0.312. The van der Waals surface area contributed by atoms with Gasteiger partial charge in [0.2, 0.25) is 5.89 Å². The number of rotatable bonds is 6. The number of nitrogens with one attached hydrogen (secondary N) is 2. The molecule has 2 heterocycles. The fourth-order valence-electron chi connectivity index (χ4n) is 2.36. The molecule has 0 unspecified atom stereocenters. The lowest BCUT2D eigenvalue weighted by Gasteiger charge is -2.05. The van der Waals surface area contributed by atoms with E-state index in [-0.39, 0.29) is 6.03 Å². The van der Waals surface area contributed by atoms with Gasteiger partial charge in [0, 0.05) is 36.0 Å². The number of benzene rings is 1. The van der Waals surface area contributed by atoms with Crippen LogP contribution in [0.2, 0.25) is 0 Å². The molecular formula is C16H16N6O2S. The minimum Gasteiger partial charge on any atom is -0.339 e. The van der Waals surface area contributed by atoms with Gasteiger partial charge in [-0.2, -0.15) is 4.98 Å². The van der Waals surface area contributed by atoms with Crippen molar-refractivity contribution in [3.05, 3.63) is 42.0 Å². The molecule has 9 heteroatoms. The summed E-state index contributed by atoms with van der Waals surface area (Å²) >= 11 is 1.14. The molecule has 2 amide bonds. The van der Waals surface area contributed by atoms with Crippen molar-refractivity contribution in [1.29, 1.82) is 0 Å². The van der Waals surface area contributed by atoms with E-state index in [9.17, 15) is 4.79 Å². The predicted molar refractivity (Wildman–Crippen MR) is 92.3 cm³/mol. The normalized spacial score (nSPS) is 13.6. The highest BCUT2D eigenvalue weighted by Gasteiger charge is 2.29. The molecule has 128 valence electrons. The van der Waals surface area contributed by atoms with Gasteiger partial charge in [-0.3, -0.25) is 5.32 Å². The molecule has 0 aliphatic heterocycles. The zero-order chi connectivity index (χ0) is 17.1. The van der Waals surface area contributed by atoms with Crippen LogP contribution in [0.4, 0.5) is 9.80 Å². The average molecular weight is 356 g/mol. The Labute approximate surface area is 147 Å². The third-order valence-corrected chi connectivity index (χ3v) is 4.45. The molecule has 25 heavy (non-hydrogen) atoms. The maximum absolute atomic E-state index is 12.1. The van der Waals surface area contributed by atoms with Gasteiger partial charge in [-0.05, 0) is 12.8 Å². The van der Waals surface area contributed by atoms with Gasteiger partial charge in [0.25, 0.3) is 0 Å². The van der Waals surface area contributed by atoms with Crippen LogP contribution in [-0.4, -0.2) is 32.3 Å². The van der Waals surface area contributed by atoms with E-state index in [1.807, 2.05) is 30.3 Å². The smallest absolute Gasteiger partial charge is 0.319 e. The van der Waals surface area contributed by atoms with E-state index in [2.05, 4.69) is 30.4 Å². The Hall–Kier alpha value is -2.81. The lowest BCUT2D eigenvalue weighted by molar-refractivity contribution is 0.252. The molecule has 1 fully saturated rings. The molecule has 0 saturated heterocycles. The highest BCUT2D eigenvalue weighted by atomic mass is 32.1. The second kappa shape index (κ2) is 6.98. The first-order chi connectivity index (χ1) is 12.3. The number of anilines is 1. The molecule has 0 bridgehead atoms. The first-order valence-corrected chi connectivity index (χ1v) is 8.82. The topological polar surface area (TPSA) is 106 Å². The molecule has 1 aliphatic carbocycles. The summed E-state index contributed by atoms with van der Waals surface area (Å²) in [6.45, 7) is 0.419. The van der Waals surface area contributed by atoms with E-state index in [0.29, 0.717) is 41.3 Å². The zero-order valence-corrected chi connectivity index (χ0v) is 14.1. The van der Waals surface area contributed by atoms with Gasteiger partial charge in [0.15, 0.2) is 5.82 Å². The van der Waals surface area contributed by atoms with Gasteiger partial charge in [0.05, 0.1) is 0 Å². The average Bonchev–Trinajstić information content (AvgIpc) is 3.20. The van der Waals surface area contributed by atoms with Gasteiger partial charge < -0.3 is 9.84 Å². The quantitative estimate of drug-likeness (QED) is 0.703. The summed E-state index contributed by atoms with van der Waals surface area (Å²) in [6.07, 6.45) is 2.76.